The van der Waals surface area contributed by atoms with Gasteiger partial charge in [0.1, 0.15) is 11.6 Å². The molecular formula is C32H41N3O5. The summed E-state index contributed by atoms with van der Waals surface area (Å²) >= 11 is 0. The predicted octanol–water partition coefficient (Wildman–Crippen LogP) is 2.71. The molecule has 214 valence electrons. The second-order valence-corrected chi connectivity index (χ2v) is 12.2. The first-order chi connectivity index (χ1) is 19.4. The highest BCUT2D eigenvalue weighted by molar-refractivity contribution is 6.00. The Morgan fingerprint density at radius 2 is 1.68 bits per heavy atom. The Kier molecular flexibility index (Phi) is 7.11. The maximum Gasteiger partial charge on any atom is 0.249 e. The number of hydrogen-bond acceptors (Lipinski definition) is 5. The van der Waals surface area contributed by atoms with Crippen LogP contribution in [0.2, 0.25) is 0 Å². The van der Waals surface area contributed by atoms with Crippen LogP contribution in [0.25, 0.3) is 0 Å². The van der Waals surface area contributed by atoms with Gasteiger partial charge in [0.05, 0.1) is 30.1 Å². The van der Waals surface area contributed by atoms with Crippen molar-refractivity contribution in [2.45, 2.75) is 81.2 Å². The molecule has 0 aromatic heterocycles. The van der Waals surface area contributed by atoms with Crippen molar-refractivity contribution in [3.8, 4) is 0 Å². The van der Waals surface area contributed by atoms with E-state index in [1.807, 2.05) is 66.5 Å². The minimum Gasteiger partial charge on any atom is -0.394 e. The van der Waals surface area contributed by atoms with E-state index >= 15 is 0 Å². The van der Waals surface area contributed by atoms with Gasteiger partial charge in [0, 0.05) is 26.2 Å². The maximum absolute atomic E-state index is 14.7. The molecule has 3 fully saturated rings. The van der Waals surface area contributed by atoms with E-state index in [0.717, 1.165) is 31.2 Å². The summed E-state index contributed by atoms with van der Waals surface area (Å²) in [4.78, 5) is 48.5. The SMILES string of the molecule is CC[C@@]12C=CCN(C)C(=O)[C@@H]1[C@H]1C(=O)N([C@@H](CO)Cc3ccccc3)C3C(=O)N(C4CCCCC4)CC=C[C@@]31O2. The van der Waals surface area contributed by atoms with Gasteiger partial charge < -0.3 is 24.5 Å². The summed E-state index contributed by atoms with van der Waals surface area (Å²) in [5.74, 6) is -2.16. The van der Waals surface area contributed by atoms with E-state index in [-0.39, 0.29) is 30.4 Å². The van der Waals surface area contributed by atoms with Crippen LogP contribution in [-0.2, 0) is 25.5 Å². The number of carbonyl (C=O) groups is 3. The smallest absolute Gasteiger partial charge is 0.249 e. The molecule has 40 heavy (non-hydrogen) atoms. The number of likely N-dealkylation sites (tertiary alicyclic amines) is 1. The number of fused-ring (bicyclic) bond motifs is 2. The van der Waals surface area contributed by atoms with Crippen LogP contribution in [-0.4, -0.2) is 93.6 Å². The number of carbonyl (C=O) groups excluding carboxylic acids is 3. The van der Waals surface area contributed by atoms with E-state index in [9.17, 15) is 19.5 Å². The Labute approximate surface area is 236 Å². The molecule has 1 unspecified atom stereocenters. The van der Waals surface area contributed by atoms with Crippen molar-refractivity contribution in [2.75, 3.05) is 26.7 Å². The number of likely N-dealkylation sites (N-methyl/N-ethyl adjacent to an activating group) is 1. The van der Waals surface area contributed by atoms with E-state index in [4.69, 9.17) is 4.74 Å². The summed E-state index contributed by atoms with van der Waals surface area (Å²) in [5, 5.41) is 10.7. The lowest BCUT2D eigenvalue weighted by molar-refractivity contribution is -0.158. The van der Waals surface area contributed by atoms with Crippen LogP contribution in [0.15, 0.2) is 54.6 Å². The zero-order valence-electron chi connectivity index (χ0n) is 23.6. The van der Waals surface area contributed by atoms with Crippen LogP contribution in [0.1, 0.15) is 51.0 Å². The fourth-order valence-corrected chi connectivity index (χ4v) is 8.09. The van der Waals surface area contributed by atoms with Crippen molar-refractivity contribution < 1.29 is 24.2 Å². The second-order valence-electron chi connectivity index (χ2n) is 12.2. The van der Waals surface area contributed by atoms with Gasteiger partial charge >= 0.3 is 0 Å². The van der Waals surface area contributed by atoms with Crippen LogP contribution in [0.4, 0.5) is 0 Å². The number of rotatable bonds is 6. The van der Waals surface area contributed by atoms with Crippen molar-refractivity contribution in [2.24, 2.45) is 11.8 Å². The van der Waals surface area contributed by atoms with Crippen LogP contribution in [0, 0.1) is 11.8 Å². The van der Waals surface area contributed by atoms with Gasteiger partial charge in [-0.05, 0) is 31.2 Å². The molecule has 1 aromatic carbocycles. The third-order valence-corrected chi connectivity index (χ3v) is 10.0. The van der Waals surface area contributed by atoms with Crippen molar-refractivity contribution >= 4 is 17.7 Å². The third-order valence-electron chi connectivity index (χ3n) is 10.0. The number of hydrogen-bond donors (Lipinski definition) is 1. The molecule has 0 radical (unpaired) electrons. The van der Waals surface area contributed by atoms with Crippen molar-refractivity contribution in [1.29, 1.82) is 0 Å². The molecule has 8 heteroatoms. The zero-order chi connectivity index (χ0) is 28.1. The predicted molar refractivity (Wildman–Crippen MR) is 150 cm³/mol. The molecule has 1 aliphatic carbocycles. The Balaban J connectivity index is 1.49. The molecule has 2 saturated heterocycles. The highest BCUT2D eigenvalue weighted by atomic mass is 16.5. The average Bonchev–Trinajstić information content (AvgIpc) is 3.28. The zero-order valence-corrected chi connectivity index (χ0v) is 23.6. The number of amides is 3. The molecule has 6 rings (SSSR count). The highest BCUT2D eigenvalue weighted by Gasteiger charge is 2.75. The van der Waals surface area contributed by atoms with Gasteiger partial charge in [-0.25, -0.2) is 0 Å². The maximum atomic E-state index is 14.7. The number of benzene rings is 1. The number of ether oxygens (including phenoxy) is 1. The average molecular weight is 548 g/mol. The van der Waals surface area contributed by atoms with Crippen molar-refractivity contribution in [3.63, 3.8) is 0 Å². The monoisotopic (exact) mass is 547 g/mol. The number of aliphatic hydroxyl groups is 1. The quantitative estimate of drug-likeness (QED) is 0.554. The van der Waals surface area contributed by atoms with E-state index in [2.05, 4.69) is 0 Å². The van der Waals surface area contributed by atoms with Gasteiger partial charge in [0.15, 0.2) is 0 Å². The van der Waals surface area contributed by atoms with Gasteiger partial charge in [0.25, 0.3) is 0 Å². The van der Waals surface area contributed by atoms with Crippen molar-refractivity contribution in [1.82, 2.24) is 14.7 Å². The molecular weight excluding hydrogens is 506 g/mol. The van der Waals surface area contributed by atoms with Crippen LogP contribution >= 0.6 is 0 Å². The summed E-state index contributed by atoms with van der Waals surface area (Å²) < 4.78 is 7.04. The fourth-order valence-electron chi connectivity index (χ4n) is 8.09. The molecule has 1 aromatic rings. The lowest BCUT2D eigenvalue weighted by Crippen LogP contribution is -2.60. The van der Waals surface area contributed by atoms with Gasteiger partial charge in [-0.3, -0.25) is 14.4 Å². The summed E-state index contributed by atoms with van der Waals surface area (Å²) in [6.07, 6.45) is 13.9. The molecule has 1 saturated carbocycles. The van der Waals surface area contributed by atoms with Crippen LogP contribution in [0.3, 0.4) is 0 Å². The molecule has 3 amide bonds. The Bertz CT molecular complexity index is 1210. The number of nitrogens with zero attached hydrogens (tertiary/aromatic N) is 3. The lowest BCUT2D eigenvalue weighted by atomic mass is 9.73. The van der Waals surface area contributed by atoms with Crippen molar-refractivity contribution in [3.05, 3.63) is 60.2 Å². The summed E-state index contributed by atoms with van der Waals surface area (Å²) in [6.45, 7) is 2.58. The van der Waals surface area contributed by atoms with Gasteiger partial charge in [-0.2, -0.15) is 0 Å². The van der Waals surface area contributed by atoms with Crippen LogP contribution in [0.5, 0.6) is 0 Å². The normalized spacial score (nSPS) is 34.9. The lowest BCUT2D eigenvalue weighted by Gasteiger charge is -2.42. The molecule has 1 N–H and O–H groups in total. The second kappa shape index (κ2) is 10.5. The van der Waals surface area contributed by atoms with Gasteiger partial charge in [0.2, 0.25) is 17.7 Å². The standard InChI is InChI=1S/C32H41N3O5/c1-3-31-16-10-18-33(2)28(37)25(31)26-29(38)35(24(21-36)20-22-12-6-4-7-13-22)27-30(39)34(23-14-8-5-9-15-23)19-11-17-32(26,27)40-31/h4,6-7,10-13,16-17,23-27,36H,3,5,8-9,14-15,18-21H2,1-2H3/t24-,25+,26+,27?,31-,32+/m1/s1. The first-order valence-corrected chi connectivity index (χ1v) is 14.9. The van der Waals surface area contributed by atoms with E-state index in [0.29, 0.717) is 25.9 Å². The highest BCUT2D eigenvalue weighted by Crippen LogP contribution is 2.59. The first kappa shape index (κ1) is 27.2. The first-order valence-electron chi connectivity index (χ1n) is 14.9. The minimum absolute atomic E-state index is 0.110. The van der Waals surface area contributed by atoms with E-state index in [1.165, 1.54) is 6.42 Å². The van der Waals surface area contributed by atoms with Gasteiger partial charge in [-0.1, -0.05) is 80.8 Å². The summed E-state index contributed by atoms with van der Waals surface area (Å²) in [7, 11) is 1.75. The fraction of sp³-hybridized carbons (Fsp3) is 0.594. The Hall–Kier alpha value is -2.97. The molecule has 6 atom stereocenters. The van der Waals surface area contributed by atoms with Gasteiger partial charge in [-0.15, -0.1) is 0 Å². The molecule has 5 aliphatic rings. The molecule has 8 nitrogen and oxygen atoms in total. The number of aliphatic hydroxyl groups excluding tert-OH is 1. The summed E-state index contributed by atoms with van der Waals surface area (Å²) in [5.41, 5.74) is -1.30. The largest absolute Gasteiger partial charge is 0.394 e. The Morgan fingerprint density at radius 3 is 2.38 bits per heavy atom. The van der Waals surface area contributed by atoms with Crippen LogP contribution < -0.4 is 0 Å². The third kappa shape index (κ3) is 4.05. The molecule has 4 aliphatic heterocycles. The topological polar surface area (TPSA) is 90.4 Å². The molecule has 0 bridgehead atoms. The molecule has 4 heterocycles. The summed E-state index contributed by atoms with van der Waals surface area (Å²) in [6, 6.07) is 8.26. The minimum atomic E-state index is -1.29. The molecule has 1 spiro atoms. The van der Waals surface area contributed by atoms with E-state index < -0.39 is 35.1 Å². The Morgan fingerprint density at radius 1 is 0.950 bits per heavy atom. The van der Waals surface area contributed by atoms with E-state index in [1.54, 1.807) is 16.8 Å².